The number of amides is 1. The molecule has 2 heterocycles. The molecular weight excluding hydrogens is 467 g/mol. The minimum atomic E-state index is -0.919. The highest BCUT2D eigenvalue weighted by atomic mass is 32.1. The molecule has 6 nitrogen and oxygen atoms in total. The molecule has 1 aliphatic rings. The SMILES string of the molecule is CCOc1ccc(C2/C(=C(\O)c3ccc(F)cc3)C(=O)C(=O)N2c2nc3ccc(C)cc3s2)cc1. The molecule has 5 rings (SSSR count). The van der Waals surface area contributed by atoms with Gasteiger partial charge in [-0.25, -0.2) is 9.37 Å². The first-order chi connectivity index (χ1) is 16.9. The van der Waals surface area contributed by atoms with E-state index in [0.29, 0.717) is 28.6 Å². The molecular formula is C27H21FN2O4S. The third-order valence-electron chi connectivity index (χ3n) is 5.81. The second-order valence-electron chi connectivity index (χ2n) is 8.15. The largest absolute Gasteiger partial charge is 0.507 e. The predicted octanol–water partition coefficient (Wildman–Crippen LogP) is 5.77. The number of carbonyl (C=O) groups excluding carboxylic acids is 2. The van der Waals surface area contributed by atoms with Crippen molar-refractivity contribution in [1.82, 2.24) is 4.98 Å². The summed E-state index contributed by atoms with van der Waals surface area (Å²) < 4.78 is 19.9. The Morgan fingerprint density at radius 3 is 2.49 bits per heavy atom. The summed E-state index contributed by atoms with van der Waals surface area (Å²) in [7, 11) is 0. The Balaban J connectivity index is 1.70. The highest BCUT2D eigenvalue weighted by Crippen LogP contribution is 2.44. The molecule has 1 N–H and O–H groups in total. The smallest absolute Gasteiger partial charge is 0.301 e. The summed E-state index contributed by atoms with van der Waals surface area (Å²) in [6.45, 7) is 4.33. The fraction of sp³-hybridized carbons (Fsp3) is 0.148. The van der Waals surface area contributed by atoms with Crippen LogP contribution in [-0.2, 0) is 9.59 Å². The van der Waals surface area contributed by atoms with Gasteiger partial charge in [-0.15, -0.1) is 0 Å². The van der Waals surface area contributed by atoms with E-state index in [1.807, 2.05) is 32.0 Å². The summed E-state index contributed by atoms with van der Waals surface area (Å²) in [5.74, 6) is -1.83. The van der Waals surface area contributed by atoms with Gasteiger partial charge in [0.1, 0.15) is 17.3 Å². The van der Waals surface area contributed by atoms with Crippen LogP contribution in [0.1, 0.15) is 29.7 Å². The normalized spacial score (nSPS) is 17.3. The van der Waals surface area contributed by atoms with Crippen LogP contribution in [0.15, 0.2) is 72.3 Å². The van der Waals surface area contributed by atoms with E-state index in [4.69, 9.17) is 4.74 Å². The summed E-state index contributed by atoms with van der Waals surface area (Å²) in [5.41, 5.74) is 2.52. The summed E-state index contributed by atoms with van der Waals surface area (Å²) in [5, 5.41) is 11.5. The maximum Gasteiger partial charge on any atom is 0.301 e. The van der Waals surface area contributed by atoms with Gasteiger partial charge in [0.15, 0.2) is 5.13 Å². The summed E-state index contributed by atoms with van der Waals surface area (Å²) >= 11 is 1.30. The zero-order chi connectivity index (χ0) is 24.7. The number of thiazole rings is 1. The number of aromatic nitrogens is 1. The van der Waals surface area contributed by atoms with Crippen molar-refractivity contribution in [2.24, 2.45) is 0 Å². The molecule has 35 heavy (non-hydrogen) atoms. The topological polar surface area (TPSA) is 79.7 Å². The van der Waals surface area contributed by atoms with Crippen LogP contribution in [0, 0.1) is 12.7 Å². The van der Waals surface area contributed by atoms with Crippen LogP contribution < -0.4 is 9.64 Å². The van der Waals surface area contributed by atoms with Crippen LogP contribution in [0.3, 0.4) is 0 Å². The van der Waals surface area contributed by atoms with Gasteiger partial charge >= 0.3 is 5.91 Å². The zero-order valence-corrected chi connectivity index (χ0v) is 19.8. The molecule has 176 valence electrons. The average Bonchev–Trinajstić information content (AvgIpc) is 3.37. The van der Waals surface area contributed by atoms with Crippen LogP contribution in [0.5, 0.6) is 5.75 Å². The second-order valence-corrected chi connectivity index (χ2v) is 9.15. The number of aliphatic hydroxyl groups is 1. The van der Waals surface area contributed by atoms with Crippen molar-refractivity contribution in [2.75, 3.05) is 11.5 Å². The molecule has 1 saturated heterocycles. The standard InChI is InChI=1S/C27H21FN2O4S/c1-3-34-19-11-7-16(8-12-19)23-22(24(31)17-5-9-18(28)10-6-17)25(32)26(33)30(23)27-29-20-13-4-15(2)14-21(20)35-27/h4-14,23,31H,3H2,1-2H3/b24-22+. The quantitative estimate of drug-likeness (QED) is 0.219. The van der Waals surface area contributed by atoms with Crippen molar-refractivity contribution in [1.29, 1.82) is 0 Å². The number of hydrogen-bond acceptors (Lipinski definition) is 6. The fourth-order valence-corrected chi connectivity index (χ4v) is 5.23. The molecule has 0 saturated carbocycles. The lowest BCUT2D eigenvalue weighted by Crippen LogP contribution is -2.29. The molecule has 0 spiro atoms. The Labute approximate surface area is 204 Å². The van der Waals surface area contributed by atoms with Gasteiger partial charge in [0.05, 0.1) is 28.4 Å². The third kappa shape index (κ3) is 4.06. The number of aliphatic hydroxyl groups excluding tert-OH is 1. The number of benzene rings is 3. The Morgan fingerprint density at radius 1 is 1.09 bits per heavy atom. The summed E-state index contributed by atoms with van der Waals surface area (Å²) in [6.07, 6.45) is 0. The maximum atomic E-state index is 13.5. The Hall–Kier alpha value is -4.04. The first-order valence-corrected chi connectivity index (χ1v) is 11.9. The molecule has 1 aromatic heterocycles. The highest BCUT2D eigenvalue weighted by Gasteiger charge is 2.48. The van der Waals surface area contributed by atoms with Crippen LogP contribution >= 0.6 is 11.3 Å². The molecule has 1 atom stereocenters. The van der Waals surface area contributed by atoms with E-state index in [-0.39, 0.29) is 16.9 Å². The number of ketones is 1. The number of carbonyl (C=O) groups is 2. The lowest BCUT2D eigenvalue weighted by atomic mass is 9.95. The number of hydrogen-bond donors (Lipinski definition) is 1. The van der Waals surface area contributed by atoms with Gasteiger partial charge in [-0.2, -0.15) is 0 Å². The average molecular weight is 489 g/mol. The first-order valence-electron chi connectivity index (χ1n) is 11.0. The first kappa shape index (κ1) is 22.7. The Kier molecular flexibility index (Phi) is 5.82. The Bertz CT molecular complexity index is 1480. The van der Waals surface area contributed by atoms with Gasteiger partial charge in [0.2, 0.25) is 0 Å². The number of ether oxygens (including phenoxy) is 1. The monoisotopic (exact) mass is 488 g/mol. The van der Waals surface area contributed by atoms with Crippen LogP contribution in [0.4, 0.5) is 9.52 Å². The number of halogens is 1. The van der Waals surface area contributed by atoms with Crippen molar-refractivity contribution >= 4 is 44.1 Å². The molecule has 3 aromatic carbocycles. The predicted molar refractivity (Wildman–Crippen MR) is 133 cm³/mol. The number of Topliss-reactive ketones (excluding diaryl/α,β-unsaturated/α-hetero) is 1. The maximum absolute atomic E-state index is 13.5. The van der Waals surface area contributed by atoms with Crippen molar-refractivity contribution < 1.29 is 23.8 Å². The molecule has 1 amide bonds. The lowest BCUT2D eigenvalue weighted by Gasteiger charge is -2.23. The Morgan fingerprint density at radius 2 is 1.80 bits per heavy atom. The molecule has 1 fully saturated rings. The molecule has 0 bridgehead atoms. The van der Waals surface area contributed by atoms with E-state index in [1.165, 1.54) is 40.5 Å². The van der Waals surface area contributed by atoms with Crippen molar-refractivity contribution in [3.63, 3.8) is 0 Å². The minimum Gasteiger partial charge on any atom is -0.507 e. The van der Waals surface area contributed by atoms with Crippen LogP contribution in [0.2, 0.25) is 0 Å². The highest BCUT2D eigenvalue weighted by molar-refractivity contribution is 7.22. The lowest BCUT2D eigenvalue weighted by molar-refractivity contribution is -0.132. The summed E-state index contributed by atoms with van der Waals surface area (Å²) in [4.78, 5) is 32.5. The molecule has 8 heteroatoms. The van der Waals surface area contributed by atoms with E-state index >= 15 is 0 Å². The van der Waals surface area contributed by atoms with Crippen molar-refractivity contribution in [2.45, 2.75) is 19.9 Å². The van der Waals surface area contributed by atoms with E-state index < -0.39 is 23.5 Å². The van der Waals surface area contributed by atoms with E-state index in [0.717, 1.165) is 10.3 Å². The zero-order valence-electron chi connectivity index (χ0n) is 19.0. The van der Waals surface area contributed by atoms with E-state index in [2.05, 4.69) is 4.98 Å². The van der Waals surface area contributed by atoms with Gasteiger partial charge in [0, 0.05) is 5.56 Å². The number of aryl methyl sites for hydroxylation is 1. The molecule has 4 aromatic rings. The molecule has 1 unspecified atom stereocenters. The van der Waals surface area contributed by atoms with E-state index in [9.17, 15) is 19.1 Å². The fourth-order valence-electron chi connectivity index (χ4n) is 4.14. The van der Waals surface area contributed by atoms with Gasteiger partial charge in [-0.1, -0.05) is 29.5 Å². The third-order valence-corrected chi connectivity index (χ3v) is 6.83. The van der Waals surface area contributed by atoms with Crippen LogP contribution in [0.25, 0.3) is 16.0 Å². The van der Waals surface area contributed by atoms with Gasteiger partial charge in [-0.05, 0) is 73.5 Å². The van der Waals surface area contributed by atoms with Gasteiger partial charge in [-0.3, -0.25) is 14.5 Å². The molecule has 1 aliphatic heterocycles. The number of anilines is 1. The number of rotatable bonds is 5. The van der Waals surface area contributed by atoms with Crippen molar-refractivity contribution in [3.8, 4) is 5.75 Å². The molecule has 0 radical (unpaired) electrons. The second kappa shape index (κ2) is 8.96. The minimum absolute atomic E-state index is 0.0822. The van der Waals surface area contributed by atoms with E-state index in [1.54, 1.807) is 24.3 Å². The van der Waals surface area contributed by atoms with Gasteiger partial charge in [0.25, 0.3) is 5.78 Å². The summed E-state index contributed by atoms with van der Waals surface area (Å²) in [6, 6.07) is 17.0. The number of nitrogens with zero attached hydrogens (tertiary/aromatic N) is 2. The molecule has 0 aliphatic carbocycles. The van der Waals surface area contributed by atoms with Gasteiger partial charge < -0.3 is 9.84 Å². The van der Waals surface area contributed by atoms with Crippen LogP contribution in [-0.4, -0.2) is 28.4 Å². The van der Waals surface area contributed by atoms with Crippen molar-refractivity contribution in [3.05, 3.63) is 94.8 Å². The number of fused-ring (bicyclic) bond motifs is 1.